The van der Waals surface area contributed by atoms with Gasteiger partial charge in [-0.15, -0.1) is 0 Å². The third-order valence-corrected chi connectivity index (χ3v) is 5.15. The monoisotopic (exact) mass is 296 g/mol. The molecule has 1 aromatic heterocycles. The maximum atomic E-state index is 12.5. The number of fused-ring (bicyclic) bond motifs is 2. The van der Waals surface area contributed by atoms with Gasteiger partial charge in [0, 0.05) is 6.04 Å². The second-order valence-electron chi connectivity index (χ2n) is 6.43. The number of benzene rings is 1. The molecule has 0 radical (unpaired) electrons. The van der Waals surface area contributed by atoms with Crippen LogP contribution in [0.3, 0.4) is 0 Å². The zero-order valence-electron chi connectivity index (χ0n) is 12.4. The van der Waals surface area contributed by atoms with E-state index in [9.17, 15) is 4.79 Å². The summed E-state index contributed by atoms with van der Waals surface area (Å²) >= 11 is 0. The van der Waals surface area contributed by atoms with Gasteiger partial charge >= 0.3 is 0 Å². The predicted octanol–water partition coefficient (Wildman–Crippen LogP) is 2.18. The van der Waals surface area contributed by atoms with Crippen molar-refractivity contribution >= 4 is 11.6 Å². The fourth-order valence-corrected chi connectivity index (χ4v) is 4.06. The Bertz CT molecular complexity index is 679. The van der Waals surface area contributed by atoms with Gasteiger partial charge in [-0.1, -0.05) is 18.2 Å². The van der Waals surface area contributed by atoms with E-state index in [1.165, 1.54) is 6.42 Å². The number of aromatic nitrogens is 2. The first-order valence-corrected chi connectivity index (χ1v) is 7.89. The summed E-state index contributed by atoms with van der Waals surface area (Å²) in [5.74, 6) is 1.00. The number of rotatable bonds is 3. The number of anilines is 1. The average molecular weight is 296 g/mol. The second kappa shape index (κ2) is 5.25. The van der Waals surface area contributed by atoms with Crippen LogP contribution in [-0.4, -0.2) is 21.7 Å². The van der Waals surface area contributed by atoms with Crippen LogP contribution in [0.15, 0.2) is 42.7 Å². The van der Waals surface area contributed by atoms with Crippen LogP contribution in [0.4, 0.5) is 5.69 Å². The van der Waals surface area contributed by atoms with Crippen molar-refractivity contribution in [2.75, 3.05) is 5.32 Å². The van der Waals surface area contributed by atoms with Crippen LogP contribution in [0.1, 0.15) is 19.3 Å². The number of carbonyl (C=O) groups is 1. The van der Waals surface area contributed by atoms with Crippen molar-refractivity contribution < 1.29 is 4.79 Å². The van der Waals surface area contributed by atoms with E-state index in [1.807, 2.05) is 36.5 Å². The molecule has 4 unspecified atom stereocenters. The molecule has 5 heteroatoms. The molecule has 2 fully saturated rings. The van der Waals surface area contributed by atoms with Crippen molar-refractivity contribution in [3.8, 4) is 5.69 Å². The largest absolute Gasteiger partial charge is 0.327 e. The van der Waals surface area contributed by atoms with E-state index in [1.54, 1.807) is 10.9 Å². The maximum Gasteiger partial charge on any atom is 0.229 e. The molecule has 22 heavy (non-hydrogen) atoms. The van der Waals surface area contributed by atoms with E-state index in [4.69, 9.17) is 5.73 Å². The number of nitrogens with one attached hydrogen (secondary N) is 1. The molecule has 1 aromatic carbocycles. The Kier molecular flexibility index (Phi) is 3.22. The topological polar surface area (TPSA) is 72.9 Å². The molecule has 2 aromatic rings. The minimum Gasteiger partial charge on any atom is -0.327 e. The summed E-state index contributed by atoms with van der Waals surface area (Å²) in [6.45, 7) is 0. The van der Waals surface area contributed by atoms with Crippen molar-refractivity contribution in [2.45, 2.75) is 25.3 Å². The third-order valence-electron chi connectivity index (χ3n) is 5.15. The number of hydrogen-bond acceptors (Lipinski definition) is 3. The molecule has 5 nitrogen and oxygen atoms in total. The molecular formula is C17H20N4O. The third kappa shape index (κ3) is 2.22. The Morgan fingerprint density at radius 1 is 1.23 bits per heavy atom. The van der Waals surface area contributed by atoms with Crippen LogP contribution >= 0.6 is 0 Å². The molecule has 0 saturated heterocycles. The number of hydrogen-bond donors (Lipinski definition) is 2. The number of nitrogens with zero attached hydrogens (tertiary/aromatic N) is 2. The van der Waals surface area contributed by atoms with Crippen LogP contribution < -0.4 is 11.1 Å². The highest BCUT2D eigenvalue weighted by Gasteiger charge is 2.49. The van der Waals surface area contributed by atoms with Crippen LogP contribution in [0.2, 0.25) is 0 Å². The summed E-state index contributed by atoms with van der Waals surface area (Å²) < 4.78 is 1.76. The maximum absolute atomic E-state index is 12.5. The SMILES string of the molecule is NC1C2CCC(C2)C1C(=O)Nc1cnn(-c2ccccc2)c1. The van der Waals surface area contributed by atoms with Crippen LogP contribution in [0.5, 0.6) is 0 Å². The Morgan fingerprint density at radius 3 is 2.73 bits per heavy atom. The van der Waals surface area contributed by atoms with E-state index >= 15 is 0 Å². The lowest BCUT2D eigenvalue weighted by atomic mass is 9.84. The normalized spacial score (nSPS) is 29.7. The molecule has 2 aliphatic carbocycles. The van der Waals surface area contributed by atoms with Crippen molar-refractivity contribution in [3.05, 3.63) is 42.7 Å². The fourth-order valence-electron chi connectivity index (χ4n) is 4.06. The standard InChI is InChI=1S/C17H20N4O/c18-16-12-7-6-11(8-12)15(16)17(22)20-13-9-19-21(10-13)14-4-2-1-3-5-14/h1-5,9-12,15-16H,6-8,18H2,(H,20,22). The van der Waals surface area contributed by atoms with Gasteiger partial charge in [0.05, 0.1) is 29.7 Å². The van der Waals surface area contributed by atoms with Gasteiger partial charge in [0.15, 0.2) is 0 Å². The van der Waals surface area contributed by atoms with Gasteiger partial charge in [-0.3, -0.25) is 4.79 Å². The van der Waals surface area contributed by atoms with Gasteiger partial charge in [-0.25, -0.2) is 4.68 Å². The van der Waals surface area contributed by atoms with Gasteiger partial charge in [0.25, 0.3) is 0 Å². The first-order valence-electron chi connectivity index (χ1n) is 7.89. The van der Waals surface area contributed by atoms with Crippen LogP contribution in [0, 0.1) is 17.8 Å². The lowest BCUT2D eigenvalue weighted by molar-refractivity contribution is -0.121. The fraction of sp³-hybridized carbons (Fsp3) is 0.412. The molecule has 2 aliphatic rings. The highest BCUT2D eigenvalue weighted by Crippen LogP contribution is 2.47. The van der Waals surface area contributed by atoms with Gasteiger partial charge in [-0.2, -0.15) is 5.10 Å². The van der Waals surface area contributed by atoms with Crippen molar-refractivity contribution in [2.24, 2.45) is 23.5 Å². The number of carbonyl (C=O) groups excluding carboxylic acids is 1. The zero-order chi connectivity index (χ0) is 15.1. The van der Waals surface area contributed by atoms with E-state index in [0.29, 0.717) is 11.8 Å². The first-order chi connectivity index (χ1) is 10.7. The summed E-state index contributed by atoms with van der Waals surface area (Å²) in [5.41, 5.74) is 7.93. The Balaban J connectivity index is 1.48. The average Bonchev–Trinajstić information content (AvgIpc) is 3.23. The summed E-state index contributed by atoms with van der Waals surface area (Å²) in [6.07, 6.45) is 6.96. The molecule has 1 amide bonds. The van der Waals surface area contributed by atoms with Gasteiger partial charge in [0.2, 0.25) is 5.91 Å². The predicted molar refractivity (Wildman–Crippen MR) is 84.5 cm³/mol. The molecule has 0 spiro atoms. The van der Waals surface area contributed by atoms with Gasteiger partial charge in [0.1, 0.15) is 0 Å². The summed E-state index contributed by atoms with van der Waals surface area (Å²) in [4.78, 5) is 12.5. The van der Waals surface area contributed by atoms with E-state index in [2.05, 4.69) is 10.4 Å². The summed E-state index contributed by atoms with van der Waals surface area (Å²) in [6, 6.07) is 9.86. The molecule has 2 saturated carbocycles. The molecule has 0 aliphatic heterocycles. The van der Waals surface area contributed by atoms with E-state index < -0.39 is 0 Å². The van der Waals surface area contributed by atoms with Crippen LogP contribution in [-0.2, 0) is 4.79 Å². The lowest BCUT2D eigenvalue weighted by Crippen LogP contribution is -2.42. The first kappa shape index (κ1) is 13.5. The molecule has 4 atom stereocenters. The summed E-state index contributed by atoms with van der Waals surface area (Å²) in [7, 11) is 0. The Morgan fingerprint density at radius 2 is 2.00 bits per heavy atom. The Labute approximate surface area is 129 Å². The minimum atomic E-state index is -0.0428. The van der Waals surface area contributed by atoms with Crippen molar-refractivity contribution in [1.82, 2.24) is 9.78 Å². The zero-order valence-corrected chi connectivity index (χ0v) is 12.4. The molecule has 2 bridgehead atoms. The summed E-state index contributed by atoms with van der Waals surface area (Å²) in [5, 5.41) is 7.29. The van der Waals surface area contributed by atoms with E-state index in [-0.39, 0.29) is 17.9 Å². The second-order valence-corrected chi connectivity index (χ2v) is 6.43. The smallest absolute Gasteiger partial charge is 0.229 e. The quantitative estimate of drug-likeness (QED) is 0.912. The number of amides is 1. The van der Waals surface area contributed by atoms with Crippen molar-refractivity contribution in [3.63, 3.8) is 0 Å². The highest BCUT2D eigenvalue weighted by atomic mass is 16.2. The van der Waals surface area contributed by atoms with Gasteiger partial charge in [-0.05, 0) is 43.2 Å². The molecular weight excluding hydrogens is 276 g/mol. The molecule has 3 N–H and O–H groups in total. The molecule has 4 rings (SSSR count). The molecule has 1 heterocycles. The molecule has 114 valence electrons. The van der Waals surface area contributed by atoms with Gasteiger partial charge < -0.3 is 11.1 Å². The number of nitrogens with two attached hydrogens (primary N) is 1. The minimum absolute atomic E-state index is 0.0166. The lowest BCUT2D eigenvalue weighted by Gasteiger charge is -2.26. The highest BCUT2D eigenvalue weighted by molar-refractivity contribution is 5.93. The number of para-hydroxylation sites is 1. The van der Waals surface area contributed by atoms with Crippen molar-refractivity contribution in [1.29, 1.82) is 0 Å². The van der Waals surface area contributed by atoms with E-state index in [0.717, 1.165) is 24.2 Å². The Hall–Kier alpha value is -2.14. The van der Waals surface area contributed by atoms with Crippen LogP contribution in [0.25, 0.3) is 5.69 Å².